The molecule has 0 fully saturated rings. The van der Waals surface area contributed by atoms with Gasteiger partial charge in [0.1, 0.15) is 17.8 Å². The minimum absolute atomic E-state index is 0.0125. The first-order valence-electron chi connectivity index (χ1n) is 11.3. The van der Waals surface area contributed by atoms with E-state index >= 15 is 0 Å². The Morgan fingerprint density at radius 1 is 1.14 bits per heavy atom. The zero-order chi connectivity index (χ0) is 26.6. The van der Waals surface area contributed by atoms with Gasteiger partial charge in [-0.3, -0.25) is 9.59 Å². The van der Waals surface area contributed by atoms with Crippen molar-refractivity contribution >= 4 is 41.2 Å². The number of Topliss-reactive ketones (excluding diaryl/α,β-unsaturated/α-hetero) is 1. The zero-order valence-electron chi connectivity index (χ0n) is 21.2. The maximum Gasteiger partial charge on any atom is 0.286 e. The van der Waals surface area contributed by atoms with E-state index < -0.39 is 11.3 Å². The normalized spacial score (nSPS) is 11.6. The quantitative estimate of drug-likeness (QED) is 0.358. The fourth-order valence-corrected chi connectivity index (χ4v) is 3.03. The molecule has 190 valence electrons. The highest BCUT2D eigenvalue weighted by Gasteiger charge is 2.21. The number of nitrogens with two attached hydrogens (primary N) is 1. The van der Waals surface area contributed by atoms with Gasteiger partial charge >= 0.3 is 0 Å². The van der Waals surface area contributed by atoms with Crippen molar-refractivity contribution in [2.75, 3.05) is 13.7 Å². The number of aryl methyl sites for hydroxylation is 1. The molecule has 2 aromatic carbocycles. The maximum absolute atomic E-state index is 11.9. The molecular weight excluding hydrogens is 468 g/mol. The lowest BCUT2D eigenvalue weighted by Crippen LogP contribution is -2.41. The third-order valence-corrected chi connectivity index (χ3v) is 5.20. The van der Waals surface area contributed by atoms with E-state index in [1.165, 1.54) is 6.07 Å². The molecule has 2 aromatic rings. The minimum Gasteiger partial charge on any atom is -0.508 e. The molecule has 0 atom stereocenters. The number of amidine groups is 1. The summed E-state index contributed by atoms with van der Waals surface area (Å²) in [5.74, 6) is -0.352. The van der Waals surface area contributed by atoms with Crippen LogP contribution in [0.2, 0.25) is 5.02 Å². The predicted molar refractivity (Wildman–Crippen MR) is 142 cm³/mol. The van der Waals surface area contributed by atoms with Gasteiger partial charge in [0.15, 0.2) is 11.6 Å². The molecule has 0 aliphatic rings. The lowest BCUT2D eigenvalue weighted by atomic mass is 9.91. The zero-order valence-corrected chi connectivity index (χ0v) is 21.9. The second-order valence-electron chi connectivity index (χ2n) is 8.39. The van der Waals surface area contributed by atoms with Crippen LogP contribution >= 0.6 is 11.6 Å². The number of amides is 1. The monoisotopic (exact) mass is 502 g/mol. The van der Waals surface area contributed by atoms with Crippen molar-refractivity contribution < 1.29 is 19.4 Å². The number of hydrogen-bond donors (Lipinski definition) is 3. The van der Waals surface area contributed by atoms with E-state index in [0.717, 1.165) is 17.7 Å². The van der Waals surface area contributed by atoms with Crippen LogP contribution in [0.1, 0.15) is 45.7 Å². The summed E-state index contributed by atoms with van der Waals surface area (Å²) < 4.78 is 5.15. The van der Waals surface area contributed by atoms with E-state index in [1.54, 1.807) is 33.9 Å². The molecule has 0 heterocycles. The van der Waals surface area contributed by atoms with E-state index in [4.69, 9.17) is 22.1 Å². The smallest absolute Gasteiger partial charge is 0.286 e. The van der Waals surface area contributed by atoms with Crippen LogP contribution in [0.4, 0.5) is 5.69 Å². The number of benzene rings is 2. The van der Waals surface area contributed by atoms with E-state index in [9.17, 15) is 14.7 Å². The summed E-state index contributed by atoms with van der Waals surface area (Å²) >= 11 is 6.34. The summed E-state index contributed by atoms with van der Waals surface area (Å²) in [6.45, 7) is 9.14. The molecule has 0 saturated heterocycles. The molecule has 0 aliphatic carbocycles. The van der Waals surface area contributed by atoms with Gasteiger partial charge in [-0.1, -0.05) is 58.4 Å². The number of aromatic hydroxyl groups is 1. The van der Waals surface area contributed by atoms with E-state index in [1.807, 2.05) is 38.1 Å². The SMILES string of the molecule is CC.COc1ccc(CCc2c(O)cc(N=CN=C(N)C(=O)NCC(=O)C(C)(C)C)cc2Cl)cc1. The highest BCUT2D eigenvalue weighted by Crippen LogP contribution is 2.32. The van der Waals surface area contributed by atoms with E-state index in [2.05, 4.69) is 15.3 Å². The number of carbonyl (C=O) groups excluding carboxylic acids is 2. The minimum atomic E-state index is -0.672. The number of rotatable bonds is 8. The Labute approximate surface area is 212 Å². The number of ether oxygens (including phenoxy) is 1. The van der Waals surface area contributed by atoms with Crippen LogP contribution < -0.4 is 15.8 Å². The Kier molecular flexibility index (Phi) is 12.0. The number of nitrogens with one attached hydrogen (secondary N) is 1. The van der Waals surface area contributed by atoms with Gasteiger partial charge in [-0.25, -0.2) is 9.98 Å². The number of carbonyl (C=O) groups is 2. The average Bonchev–Trinajstić information content (AvgIpc) is 2.82. The average molecular weight is 503 g/mol. The molecule has 0 spiro atoms. The van der Waals surface area contributed by atoms with Crippen LogP contribution in [0.5, 0.6) is 11.5 Å². The summed E-state index contributed by atoms with van der Waals surface area (Å²) in [5.41, 5.74) is 7.10. The summed E-state index contributed by atoms with van der Waals surface area (Å²) in [4.78, 5) is 31.7. The predicted octanol–water partition coefficient (Wildman–Crippen LogP) is 4.61. The number of nitrogens with zero attached hydrogens (tertiary/aromatic N) is 2. The maximum atomic E-state index is 11.9. The van der Waals surface area contributed by atoms with E-state index in [0.29, 0.717) is 29.1 Å². The summed E-state index contributed by atoms with van der Waals surface area (Å²) in [6.07, 6.45) is 2.32. The van der Waals surface area contributed by atoms with Gasteiger partial charge in [0.2, 0.25) is 0 Å². The molecule has 2 rings (SSSR count). The Morgan fingerprint density at radius 2 is 1.77 bits per heavy atom. The highest BCUT2D eigenvalue weighted by atomic mass is 35.5. The van der Waals surface area contributed by atoms with Gasteiger partial charge in [-0.15, -0.1) is 0 Å². The molecule has 8 nitrogen and oxygen atoms in total. The van der Waals surface area contributed by atoms with Gasteiger partial charge in [-0.05, 0) is 36.6 Å². The Bertz CT molecular complexity index is 1040. The third-order valence-electron chi connectivity index (χ3n) is 4.86. The van der Waals surface area contributed by atoms with Crippen molar-refractivity contribution in [3.8, 4) is 11.5 Å². The van der Waals surface area contributed by atoms with Crippen molar-refractivity contribution in [3.05, 3.63) is 52.5 Å². The number of ketones is 1. The number of methoxy groups -OCH3 is 1. The van der Waals surface area contributed by atoms with Gasteiger partial charge in [0, 0.05) is 22.1 Å². The summed E-state index contributed by atoms with van der Waals surface area (Å²) in [7, 11) is 1.61. The topological polar surface area (TPSA) is 126 Å². The summed E-state index contributed by atoms with van der Waals surface area (Å²) in [6, 6.07) is 10.7. The van der Waals surface area contributed by atoms with Crippen molar-refractivity contribution in [3.63, 3.8) is 0 Å². The van der Waals surface area contributed by atoms with Crippen LogP contribution in [0.3, 0.4) is 0 Å². The molecule has 35 heavy (non-hydrogen) atoms. The first kappa shape index (κ1) is 29.6. The molecule has 0 bridgehead atoms. The molecule has 0 aromatic heterocycles. The number of phenols is 1. The molecule has 0 saturated carbocycles. The van der Waals surface area contributed by atoms with Crippen LogP contribution in [-0.4, -0.2) is 42.6 Å². The van der Waals surface area contributed by atoms with Gasteiger partial charge in [0.25, 0.3) is 5.91 Å². The van der Waals surface area contributed by atoms with Gasteiger partial charge in [-0.2, -0.15) is 0 Å². The lowest BCUT2D eigenvalue weighted by molar-refractivity contribution is -0.127. The second-order valence-corrected chi connectivity index (χ2v) is 8.80. The first-order chi connectivity index (χ1) is 16.5. The molecule has 9 heteroatoms. The van der Waals surface area contributed by atoms with Gasteiger partial charge in [0.05, 0.1) is 19.3 Å². The van der Waals surface area contributed by atoms with Crippen LogP contribution in [0.25, 0.3) is 0 Å². The fraction of sp³-hybridized carbons (Fsp3) is 0.385. The standard InChI is InChI=1S/C24H29ClN4O4.C2H6/c1-24(2,3)21(31)13-27-23(32)22(26)29-14-28-16-11-19(25)18(20(30)12-16)10-7-15-5-8-17(33-4)9-6-15;1-2/h5-6,8-9,11-12,14,30H,7,10,13H2,1-4H3,(H,27,32)(H2,26,28,29);1-2H3. The molecule has 0 unspecified atom stereocenters. The number of halogens is 1. The van der Waals surface area contributed by atoms with Gasteiger partial charge < -0.3 is 20.9 Å². The van der Waals surface area contributed by atoms with E-state index in [-0.39, 0.29) is 23.9 Å². The van der Waals surface area contributed by atoms with Crippen molar-refractivity contribution in [1.29, 1.82) is 0 Å². The second kappa shape index (κ2) is 14.1. The molecule has 0 aliphatic heterocycles. The first-order valence-corrected chi connectivity index (χ1v) is 11.7. The number of hydrogen-bond acceptors (Lipinski definition) is 5. The Balaban J connectivity index is 0.00000298. The van der Waals surface area contributed by atoms with Crippen molar-refractivity contribution in [1.82, 2.24) is 5.32 Å². The molecule has 4 N–H and O–H groups in total. The van der Waals surface area contributed by atoms with Crippen LogP contribution in [-0.2, 0) is 22.4 Å². The number of phenolic OH excluding ortho intramolecular Hbond substituents is 1. The fourth-order valence-electron chi connectivity index (χ4n) is 2.72. The van der Waals surface area contributed by atoms with Crippen LogP contribution in [0.15, 0.2) is 46.4 Å². The van der Waals surface area contributed by atoms with Crippen molar-refractivity contribution in [2.45, 2.75) is 47.5 Å². The third kappa shape index (κ3) is 9.78. The molecule has 0 radical (unpaired) electrons. The summed E-state index contributed by atoms with van der Waals surface area (Å²) in [5, 5.41) is 13.2. The Morgan fingerprint density at radius 3 is 2.31 bits per heavy atom. The highest BCUT2D eigenvalue weighted by molar-refractivity contribution is 6.38. The van der Waals surface area contributed by atoms with Crippen molar-refractivity contribution in [2.24, 2.45) is 21.1 Å². The largest absolute Gasteiger partial charge is 0.508 e. The number of aliphatic imine (C=N–C) groups is 2. The molecule has 1 amide bonds. The Hall–Kier alpha value is -3.39. The van der Waals surface area contributed by atoms with Crippen LogP contribution in [0, 0.1) is 5.41 Å². The lowest BCUT2D eigenvalue weighted by Gasteiger charge is -2.16. The molecular formula is C26H35ClN4O4.